The Labute approximate surface area is 184 Å². The lowest BCUT2D eigenvalue weighted by molar-refractivity contribution is -0.300. The molecule has 0 aromatic heterocycles. The van der Waals surface area contributed by atoms with Crippen LogP contribution in [0.1, 0.15) is 63.5 Å². The highest BCUT2D eigenvalue weighted by atomic mass is 16.6. The Bertz CT molecular complexity index is 967. The third kappa shape index (κ3) is 2.02. The van der Waals surface area contributed by atoms with Crippen molar-refractivity contribution in [3.05, 3.63) is 23.3 Å². The molecule has 1 aromatic carbocycles. The minimum Gasteiger partial charge on any atom is -0.504 e. The van der Waals surface area contributed by atoms with Gasteiger partial charge in [-0.3, -0.25) is 4.90 Å². The molecule has 5 heteroatoms. The van der Waals surface area contributed by atoms with Crippen molar-refractivity contribution in [3.63, 3.8) is 0 Å². The highest BCUT2D eigenvalue weighted by Crippen LogP contribution is 2.77. The number of nitrogens with zero attached hydrogens (tertiary/aromatic N) is 1. The number of methoxy groups -OCH3 is 1. The molecule has 6 atom stereocenters. The second-order valence-electron chi connectivity index (χ2n) is 12.1. The maximum Gasteiger partial charge on any atom is 0.165 e. The number of phenolic OH excluding ortho intramolecular Hbond substituents is 1. The van der Waals surface area contributed by atoms with E-state index in [4.69, 9.17) is 9.47 Å². The zero-order chi connectivity index (χ0) is 21.4. The van der Waals surface area contributed by atoms with Crippen LogP contribution in [0.15, 0.2) is 12.1 Å². The molecule has 2 unspecified atom stereocenters. The molecule has 2 aliphatic heterocycles. The van der Waals surface area contributed by atoms with E-state index in [0.29, 0.717) is 11.8 Å². The summed E-state index contributed by atoms with van der Waals surface area (Å²) in [5, 5.41) is 22.2. The third-order valence-electron chi connectivity index (χ3n) is 10.5. The van der Waals surface area contributed by atoms with Crippen LogP contribution in [0.2, 0.25) is 0 Å². The fourth-order valence-corrected chi connectivity index (χ4v) is 9.23. The Morgan fingerprint density at radius 3 is 2.74 bits per heavy atom. The Morgan fingerprint density at radius 1 is 1.23 bits per heavy atom. The highest BCUT2D eigenvalue weighted by molar-refractivity contribution is 5.63. The molecule has 5 aliphatic carbocycles. The van der Waals surface area contributed by atoms with Gasteiger partial charge in [-0.15, -0.1) is 0 Å². The number of likely N-dealkylation sites (tertiary alicyclic amines) is 1. The van der Waals surface area contributed by atoms with E-state index in [-0.39, 0.29) is 28.6 Å². The molecule has 31 heavy (non-hydrogen) atoms. The fourth-order valence-electron chi connectivity index (χ4n) is 9.23. The minimum absolute atomic E-state index is 0.0123. The summed E-state index contributed by atoms with van der Waals surface area (Å²) in [5.41, 5.74) is 1.24. The van der Waals surface area contributed by atoms with Gasteiger partial charge in [-0.25, -0.2) is 0 Å². The third-order valence-corrected chi connectivity index (χ3v) is 10.5. The number of hydrogen-bond acceptors (Lipinski definition) is 5. The quantitative estimate of drug-likeness (QED) is 0.776. The summed E-state index contributed by atoms with van der Waals surface area (Å²) in [5.74, 6) is 1.86. The monoisotopic (exact) mass is 424 g/mol. The second-order valence-corrected chi connectivity index (χ2v) is 12.1. The molecule has 8 rings (SSSR count). The fraction of sp³-hybridized carbons (Fsp3) is 0.769. The minimum atomic E-state index is -0.846. The van der Waals surface area contributed by atoms with Crippen molar-refractivity contribution >= 4 is 0 Å². The van der Waals surface area contributed by atoms with Crippen LogP contribution >= 0.6 is 0 Å². The number of hydrogen-bond donors (Lipinski definition) is 2. The average Bonchev–Trinajstić information content (AvgIpc) is 3.47. The Balaban J connectivity index is 1.49. The predicted octanol–water partition coefficient (Wildman–Crippen LogP) is 3.39. The lowest BCUT2D eigenvalue weighted by Crippen LogP contribution is -2.82. The first kappa shape index (κ1) is 19.2. The zero-order valence-electron chi connectivity index (χ0n) is 19.0. The van der Waals surface area contributed by atoms with Crippen molar-refractivity contribution in [2.45, 2.75) is 87.6 Å². The number of benzene rings is 1. The number of aliphatic hydroxyl groups is 1. The topological polar surface area (TPSA) is 62.2 Å². The molecule has 0 amide bonds. The Morgan fingerprint density at radius 2 is 2.03 bits per heavy atom. The van der Waals surface area contributed by atoms with E-state index in [1.807, 2.05) is 27.0 Å². The van der Waals surface area contributed by atoms with Gasteiger partial charge in [-0.2, -0.15) is 0 Å². The number of piperidine rings is 1. The molecule has 4 saturated carbocycles. The molecule has 2 N–H and O–H groups in total. The summed E-state index contributed by atoms with van der Waals surface area (Å²) in [4.78, 5) is 2.81. The van der Waals surface area contributed by atoms with Gasteiger partial charge < -0.3 is 19.7 Å². The molecule has 1 saturated heterocycles. The lowest BCUT2D eigenvalue weighted by atomic mass is 9.33. The summed E-state index contributed by atoms with van der Waals surface area (Å²) >= 11 is 0. The van der Waals surface area contributed by atoms with Crippen LogP contribution in [0.4, 0.5) is 0 Å². The van der Waals surface area contributed by atoms with Gasteiger partial charge in [0.15, 0.2) is 11.5 Å². The van der Waals surface area contributed by atoms with Crippen LogP contribution in [0.25, 0.3) is 0 Å². The SMILES string of the molecule is CO[C@]12CC[C@@]3(C[C@@H]1C(C)(C)O)C1Cc4ccc(O)c5c4C3(CCN1[11CH2]C1CC1)[C@H]2O5. The molecule has 0 radical (unpaired) electrons. The first-order valence-corrected chi connectivity index (χ1v) is 12.3. The second kappa shape index (κ2) is 5.60. The van der Waals surface area contributed by atoms with Crippen LogP contribution in [0, 0.1) is 17.3 Å². The molecule has 5 nitrogen and oxygen atoms in total. The molecular formula is C26H35NO4. The van der Waals surface area contributed by atoms with E-state index in [2.05, 4.69) is 11.0 Å². The van der Waals surface area contributed by atoms with Gasteiger partial charge in [0, 0.05) is 42.0 Å². The predicted molar refractivity (Wildman–Crippen MR) is 116 cm³/mol. The highest BCUT2D eigenvalue weighted by Gasteiger charge is 2.81. The van der Waals surface area contributed by atoms with Crippen molar-refractivity contribution in [2.24, 2.45) is 17.3 Å². The van der Waals surface area contributed by atoms with Crippen molar-refractivity contribution in [1.82, 2.24) is 4.90 Å². The van der Waals surface area contributed by atoms with Crippen molar-refractivity contribution in [3.8, 4) is 11.5 Å². The molecule has 7 aliphatic rings. The van der Waals surface area contributed by atoms with E-state index in [9.17, 15) is 10.2 Å². The summed E-state index contributed by atoms with van der Waals surface area (Å²) in [6.07, 6.45) is 7.72. The Hall–Kier alpha value is -1.30. The number of rotatable bonds is 4. The van der Waals surface area contributed by atoms with Gasteiger partial charge in [0.1, 0.15) is 11.7 Å². The largest absolute Gasteiger partial charge is 0.504 e. The van der Waals surface area contributed by atoms with E-state index in [1.54, 1.807) is 0 Å². The van der Waals surface area contributed by atoms with Gasteiger partial charge in [0.25, 0.3) is 0 Å². The van der Waals surface area contributed by atoms with Gasteiger partial charge >= 0.3 is 0 Å². The average molecular weight is 425 g/mol. The first-order chi connectivity index (χ1) is 14.8. The molecule has 4 bridgehead atoms. The Kier molecular flexibility index (Phi) is 3.47. The van der Waals surface area contributed by atoms with E-state index in [1.165, 1.54) is 30.5 Å². The van der Waals surface area contributed by atoms with E-state index < -0.39 is 11.2 Å². The van der Waals surface area contributed by atoms with E-state index >= 15 is 0 Å². The summed E-state index contributed by atoms with van der Waals surface area (Å²) < 4.78 is 13.2. The molecule has 2 spiro atoms. The van der Waals surface area contributed by atoms with Crippen molar-refractivity contribution in [2.75, 3.05) is 20.2 Å². The first-order valence-electron chi connectivity index (χ1n) is 12.3. The standard InChI is InChI=1S/C26H35NO4/c1-23(2,29)18-13-24-8-9-26(18,30-3)22-25(24)10-11-27(14-15-4-5-15)19(24)12-16-6-7-17(28)21(31-22)20(16)25/h6-7,15,18-19,22,28-29H,4-5,8-14H2,1-3H3/t18-,19?,22-,24-,25?,26-/m1/s1/i14-1. The summed E-state index contributed by atoms with van der Waals surface area (Å²) in [6, 6.07) is 4.46. The molecule has 5 fully saturated rings. The normalized spacial score (nSPS) is 44.8. The zero-order valence-corrected chi connectivity index (χ0v) is 19.0. The number of phenols is 1. The number of ether oxygens (including phenoxy) is 2. The maximum absolute atomic E-state index is 11.4. The number of fused-ring (bicyclic) bond motifs is 2. The summed E-state index contributed by atoms with van der Waals surface area (Å²) in [6.45, 7) is 6.23. The molecular weight excluding hydrogens is 389 g/mol. The van der Waals surface area contributed by atoms with E-state index in [0.717, 1.165) is 44.6 Å². The van der Waals surface area contributed by atoms with Gasteiger partial charge in [-0.1, -0.05) is 6.07 Å². The van der Waals surface area contributed by atoms with Gasteiger partial charge in [-0.05, 0) is 82.9 Å². The summed E-state index contributed by atoms with van der Waals surface area (Å²) in [7, 11) is 1.81. The molecule has 168 valence electrons. The van der Waals surface area contributed by atoms with Gasteiger partial charge in [0.05, 0.1) is 5.60 Å². The van der Waals surface area contributed by atoms with Crippen LogP contribution in [0.3, 0.4) is 0 Å². The number of aromatic hydroxyl groups is 1. The smallest absolute Gasteiger partial charge is 0.165 e. The molecule has 1 aromatic rings. The van der Waals surface area contributed by atoms with Crippen molar-refractivity contribution in [1.29, 1.82) is 0 Å². The van der Waals surface area contributed by atoms with Crippen LogP contribution < -0.4 is 4.74 Å². The lowest BCUT2D eigenvalue weighted by Gasteiger charge is -2.75. The van der Waals surface area contributed by atoms with Crippen molar-refractivity contribution < 1.29 is 19.7 Å². The van der Waals surface area contributed by atoms with Gasteiger partial charge in [0.2, 0.25) is 0 Å². The molecule has 2 heterocycles. The van der Waals surface area contributed by atoms with Crippen LogP contribution in [0.5, 0.6) is 11.5 Å². The van der Waals surface area contributed by atoms with Crippen LogP contribution in [-0.2, 0) is 16.6 Å². The maximum atomic E-state index is 11.4. The van der Waals surface area contributed by atoms with Crippen LogP contribution in [-0.4, -0.2) is 58.7 Å².